The molecule has 0 saturated heterocycles. The summed E-state index contributed by atoms with van der Waals surface area (Å²) in [7, 11) is 0. The van der Waals surface area contributed by atoms with E-state index in [1.54, 1.807) is 0 Å². The number of benzene rings is 2. The van der Waals surface area contributed by atoms with E-state index in [2.05, 4.69) is 58.8 Å². The fourth-order valence-corrected chi connectivity index (χ4v) is 3.23. The van der Waals surface area contributed by atoms with Crippen molar-refractivity contribution in [1.29, 1.82) is 0 Å². The Bertz CT molecular complexity index is 910. The molecular weight excluding hydrogens is 337 g/mol. The van der Waals surface area contributed by atoms with Crippen LogP contribution in [0.5, 0.6) is 0 Å². The normalized spacial score (nSPS) is 17.7. The van der Waals surface area contributed by atoms with E-state index in [0.29, 0.717) is 0 Å². The van der Waals surface area contributed by atoms with Gasteiger partial charge in [-0.05, 0) is 41.3 Å². The van der Waals surface area contributed by atoms with E-state index >= 15 is 0 Å². The number of allylic oxidation sites excluding steroid dienone is 2. The predicted octanol–water partition coefficient (Wildman–Crippen LogP) is 4.16. The van der Waals surface area contributed by atoms with Crippen LogP contribution >= 0.6 is 0 Å². The minimum Gasteiger partial charge on any atom is -0.383 e. The minimum absolute atomic E-state index is 0.114. The summed E-state index contributed by atoms with van der Waals surface area (Å²) in [5.74, 6) is -0.205. The fraction of sp³-hybridized carbons (Fsp3) is 0.130. The summed E-state index contributed by atoms with van der Waals surface area (Å²) in [6.45, 7) is 4.89. The van der Waals surface area contributed by atoms with Crippen LogP contribution in [0.2, 0.25) is 0 Å². The van der Waals surface area contributed by atoms with E-state index in [9.17, 15) is 4.39 Å². The van der Waals surface area contributed by atoms with E-state index < -0.39 is 0 Å². The molecule has 3 nitrogen and oxygen atoms in total. The average Bonchev–Trinajstić information content (AvgIpc) is 3.13. The van der Waals surface area contributed by atoms with Crippen LogP contribution in [0, 0.1) is 5.82 Å². The van der Waals surface area contributed by atoms with Gasteiger partial charge in [-0.3, -0.25) is 0 Å². The van der Waals surface area contributed by atoms with Crippen LogP contribution in [0.4, 0.5) is 4.39 Å². The highest BCUT2D eigenvalue weighted by Crippen LogP contribution is 2.26. The van der Waals surface area contributed by atoms with Crippen LogP contribution < -0.4 is 10.6 Å². The molecule has 2 aliphatic heterocycles. The van der Waals surface area contributed by atoms with Gasteiger partial charge in [0, 0.05) is 18.9 Å². The first-order chi connectivity index (χ1) is 13.2. The van der Waals surface area contributed by atoms with Crippen LogP contribution in [0.25, 0.3) is 5.57 Å². The molecule has 0 aromatic heterocycles. The highest BCUT2D eigenvalue weighted by Gasteiger charge is 2.24. The van der Waals surface area contributed by atoms with Crippen molar-refractivity contribution in [2.45, 2.75) is 12.6 Å². The number of nitrogens with zero attached hydrogens (tertiary/aromatic N) is 1. The number of halogens is 1. The Morgan fingerprint density at radius 3 is 2.63 bits per heavy atom. The number of fused-ring (bicyclic) bond motifs is 1. The molecular formula is C23H22FN3. The Morgan fingerprint density at radius 1 is 1.07 bits per heavy atom. The smallest absolute Gasteiger partial charge is 0.123 e. The van der Waals surface area contributed by atoms with Crippen molar-refractivity contribution < 1.29 is 4.39 Å². The summed E-state index contributed by atoms with van der Waals surface area (Å²) < 4.78 is 13.0. The van der Waals surface area contributed by atoms with Gasteiger partial charge in [-0.2, -0.15) is 0 Å². The van der Waals surface area contributed by atoms with E-state index in [1.165, 1.54) is 23.3 Å². The second-order valence-electron chi connectivity index (χ2n) is 6.67. The number of hydrogen-bond acceptors (Lipinski definition) is 3. The Morgan fingerprint density at radius 2 is 1.85 bits per heavy atom. The number of nitrogens with one attached hydrogen (secondary N) is 2. The predicted molar refractivity (Wildman–Crippen MR) is 108 cm³/mol. The summed E-state index contributed by atoms with van der Waals surface area (Å²) in [6.07, 6.45) is 9.44. The Labute approximate surface area is 159 Å². The maximum absolute atomic E-state index is 13.0. The molecule has 2 aromatic rings. The molecule has 2 aromatic carbocycles. The minimum atomic E-state index is -0.205. The van der Waals surface area contributed by atoms with Gasteiger partial charge in [-0.1, -0.05) is 55.1 Å². The Hall–Kier alpha value is -3.27. The van der Waals surface area contributed by atoms with Crippen molar-refractivity contribution in [3.63, 3.8) is 0 Å². The van der Waals surface area contributed by atoms with Gasteiger partial charge >= 0.3 is 0 Å². The highest BCUT2D eigenvalue weighted by atomic mass is 19.1. The van der Waals surface area contributed by atoms with Gasteiger partial charge in [0.25, 0.3) is 0 Å². The third-order valence-corrected chi connectivity index (χ3v) is 4.75. The van der Waals surface area contributed by atoms with E-state index in [4.69, 9.17) is 0 Å². The molecule has 0 radical (unpaired) electrons. The maximum atomic E-state index is 13.0. The zero-order valence-corrected chi connectivity index (χ0v) is 15.0. The second-order valence-corrected chi connectivity index (χ2v) is 6.67. The molecule has 0 spiro atoms. The van der Waals surface area contributed by atoms with Crippen molar-refractivity contribution in [3.8, 4) is 0 Å². The topological polar surface area (TPSA) is 27.3 Å². The van der Waals surface area contributed by atoms with E-state index in [0.717, 1.165) is 29.9 Å². The largest absolute Gasteiger partial charge is 0.383 e. The molecule has 2 heterocycles. The molecule has 0 bridgehead atoms. The first-order valence-corrected chi connectivity index (χ1v) is 9.08. The molecule has 0 aliphatic carbocycles. The summed E-state index contributed by atoms with van der Waals surface area (Å²) in [4.78, 5) is 2.16. The molecule has 27 heavy (non-hydrogen) atoms. The molecule has 0 fully saturated rings. The number of hydrogen-bond donors (Lipinski definition) is 2. The lowest BCUT2D eigenvalue weighted by Gasteiger charge is -2.24. The van der Waals surface area contributed by atoms with Gasteiger partial charge in [-0.25, -0.2) is 4.39 Å². The number of rotatable bonds is 6. The average molecular weight is 359 g/mol. The molecule has 2 aliphatic rings. The van der Waals surface area contributed by atoms with Crippen molar-refractivity contribution in [2.24, 2.45) is 0 Å². The maximum Gasteiger partial charge on any atom is 0.123 e. The van der Waals surface area contributed by atoms with Gasteiger partial charge in [-0.15, -0.1) is 0 Å². The molecule has 1 atom stereocenters. The fourth-order valence-electron chi connectivity index (χ4n) is 3.23. The Balaban J connectivity index is 1.36. The molecule has 4 rings (SSSR count). The Kier molecular flexibility index (Phi) is 4.79. The van der Waals surface area contributed by atoms with Gasteiger partial charge in [0.05, 0.1) is 11.4 Å². The SMILES string of the molecule is C=C(NCCc1ccc(F)cc1)C1=CN2C=C(c3ccccc3)C=CC2N1. The third-order valence-electron chi connectivity index (χ3n) is 4.75. The first-order valence-electron chi connectivity index (χ1n) is 9.08. The summed E-state index contributed by atoms with van der Waals surface area (Å²) in [5.41, 5.74) is 5.32. The summed E-state index contributed by atoms with van der Waals surface area (Å²) in [6, 6.07) is 17.0. The van der Waals surface area contributed by atoms with Gasteiger partial charge < -0.3 is 15.5 Å². The summed E-state index contributed by atoms with van der Waals surface area (Å²) in [5, 5.41) is 6.81. The second kappa shape index (κ2) is 7.54. The van der Waals surface area contributed by atoms with Gasteiger partial charge in [0.1, 0.15) is 12.0 Å². The van der Waals surface area contributed by atoms with Crippen LogP contribution in [-0.4, -0.2) is 17.6 Å². The summed E-state index contributed by atoms with van der Waals surface area (Å²) >= 11 is 0. The van der Waals surface area contributed by atoms with E-state index in [1.807, 2.05) is 30.3 Å². The molecule has 136 valence electrons. The molecule has 0 amide bonds. The zero-order valence-electron chi connectivity index (χ0n) is 15.0. The molecule has 0 saturated carbocycles. The molecule has 4 heteroatoms. The zero-order chi connectivity index (χ0) is 18.6. The first kappa shape index (κ1) is 17.2. The third kappa shape index (κ3) is 3.95. The lowest BCUT2D eigenvalue weighted by atomic mass is 10.0. The molecule has 2 N–H and O–H groups in total. The van der Waals surface area contributed by atoms with Crippen LogP contribution in [0.1, 0.15) is 11.1 Å². The van der Waals surface area contributed by atoms with Crippen molar-refractivity contribution in [3.05, 3.63) is 114 Å². The lowest BCUT2D eigenvalue weighted by molar-refractivity contribution is 0.426. The molecule has 1 unspecified atom stereocenters. The van der Waals surface area contributed by atoms with Gasteiger partial charge in [0.2, 0.25) is 0 Å². The van der Waals surface area contributed by atoms with Crippen molar-refractivity contribution in [2.75, 3.05) is 6.54 Å². The van der Waals surface area contributed by atoms with Crippen molar-refractivity contribution >= 4 is 5.57 Å². The van der Waals surface area contributed by atoms with Crippen LogP contribution in [-0.2, 0) is 6.42 Å². The monoisotopic (exact) mass is 359 g/mol. The lowest BCUT2D eigenvalue weighted by Crippen LogP contribution is -2.33. The highest BCUT2D eigenvalue weighted by molar-refractivity contribution is 5.75. The van der Waals surface area contributed by atoms with Crippen LogP contribution in [0.15, 0.2) is 97.1 Å². The van der Waals surface area contributed by atoms with Gasteiger partial charge in [0.15, 0.2) is 0 Å². The quantitative estimate of drug-likeness (QED) is 0.811. The van der Waals surface area contributed by atoms with E-state index in [-0.39, 0.29) is 12.0 Å². The van der Waals surface area contributed by atoms with Crippen molar-refractivity contribution in [1.82, 2.24) is 15.5 Å². The van der Waals surface area contributed by atoms with Crippen LogP contribution in [0.3, 0.4) is 0 Å². The standard InChI is InChI=1S/C23H22FN3/c1-17(25-14-13-18-7-10-21(24)11-8-18)22-16-27-15-20(9-12-23(27)26-22)19-5-3-2-4-6-19/h2-12,15-16,23,25-26H,1,13-14H2.